The number of fused-ring (bicyclic) bond motifs is 1. The molecule has 0 aliphatic carbocycles. The van der Waals surface area contributed by atoms with Crippen LogP contribution >= 0.6 is 0 Å². The van der Waals surface area contributed by atoms with Gasteiger partial charge in [0.2, 0.25) is 0 Å². The first kappa shape index (κ1) is 20.5. The van der Waals surface area contributed by atoms with Crippen LogP contribution in [0.15, 0.2) is 109 Å². The molecule has 5 rings (SSSR count). The SMILES string of the molecule is CC(=O)/C=C/c1cccc(-c2nc3ccccc3n2-c2ccc(Oc3ccccc3)cc2)c1. The van der Waals surface area contributed by atoms with E-state index in [9.17, 15) is 4.79 Å². The van der Waals surface area contributed by atoms with Crippen LogP contribution in [0.2, 0.25) is 0 Å². The molecule has 0 saturated heterocycles. The second-order valence-electron chi connectivity index (χ2n) is 7.74. The minimum Gasteiger partial charge on any atom is -0.457 e. The van der Waals surface area contributed by atoms with Gasteiger partial charge in [0.05, 0.1) is 11.0 Å². The van der Waals surface area contributed by atoms with Gasteiger partial charge in [-0.2, -0.15) is 0 Å². The Hall–Kier alpha value is -4.44. The van der Waals surface area contributed by atoms with Crippen molar-refractivity contribution in [1.29, 1.82) is 0 Å². The molecule has 0 aliphatic rings. The average molecular weight is 431 g/mol. The Morgan fingerprint density at radius 3 is 2.33 bits per heavy atom. The van der Waals surface area contributed by atoms with Crippen LogP contribution in [0, 0.1) is 0 Å². The fourth-order valence-electron chi connectivity index (χ4n) is 3.76. The van der Waals surface area contributed by atoms with Crippen LogP contribution in [0.5, 0.6) is 11.5 Å². The summed E-state index contributed by atoms with van der Waals surface area (Å²) in [5.74, 6) is 2.43. The summed E-state index contributed by atoms with van der Waals surface area (Å²) in [5, 5.41) is 0. The molecule has 0 aliphatic heterocycles. The third-order valence-corrected chi connectivity index (χ3v) is 5.29. The highest BCUT2D eigenvalue weighted by molar-refractivity contribution is 5.91. The Kier molecular flexibility index (Phi) is 5.56. The van der Waals surface area contributed by atoms with Crippen LogP contribution in [-0.2, 0) is 4.79 Å². The van der Waals surface area contributed by atoms with Gasteiger partial charge in [-0.3, -0.25) is 9.36 Å². The zero-order valence-electron chi connectivity index (χ0n) is 18.2. The molecule has 0 saturated carbocycles. The van der Waals surface area contributed by atoms with Crippen molar-refractivity contribution < 1.29 is 9.53 Å². The molecule has 33 heavy (non-hydrogen) atoms. The second kappa shape index (κ2) is 8.97. The Morgan fingerprint density at radius 1 is 0.818 bits per heavy atom. The van der Waals surface area contributed by atoms with E-state index in [1.165, 1.54) is 0 Å². The Bertz CT molecular complexity index is 1450. The van der Waals surface area contributed by atoms with Gasteiger partial charge in [-0.1, -0.05) is 54.6 Å². The van der Waals surface area contributed by atoms with Crippen LogP contribution in [0.4, 0.5) is 0 Å². The highest BCUT2D eigenvalue weighted by atomic mass is 16.5. The van der Waals surface area contributed by atoms with E-state index in [-0.39, 0.29) is 5.78 Å². The van der Waals surface area contributed by atoms with Crippen LogP contribution < -0.4 is 4.74 Å². The smallest absolute Gasteiger partial charge is 0.152 e. The predicted molar refractivity (Wildman–Crippen MR) is 133 cm³/mol. The van der Waals surface area contributed by atoms with Gasteiger partial charge in [-0.05, 0) is 73.2 Å². The molecule has 0 bridgehead atoms. The summed E-state index contributed by atoms with van der Waals surface area (Å²) in [5.41, 5.74) is 4.86. The minimum atomic E-state index is 0.0189. The first-order valence-corrected chi connectivity index (χ1v) is 10.8. The van der Waals surface area contributed by atoms with E-state index in [4.69, 9.17) is 9.72 Å². The van der Waals surface area contributed by atoms with Crippen molar-refractivity contribution in [3.63, 3.8) is 0 Å². The third kappa shape index (κ3) is 4.46. The van der Waals surface area contributed by atoms with Crippen molar-refractivity contribution in [2.75, 3.05) is 0 Å². The number of para-hydroxylation sites is 3. The fraction of sp³-hybridized carbons (Fsp3) is 0.0345. The highest BCUT2D eigenvalue weighted by Crippen LogP contribution is 2.31. The summed E-state index contributed by atoms with van der Waals surface area (Å²) >= 11 is 0. The number of ketones is 1. The Labute approximate surface area is 192 Å². The lowest BCUT2D eigenvalue weighted by atomic mass is 10.1. The average Bonchev–Trinajstić information content (AvgIpc) is 3.24. The predicted octanol–water partition coefficient (Wildman–Crippen LogP) is 7.09. The monoisotopic (exact) mass is 430 g/mol. The molecule has 0 N–H and O–H groups in total. The van der Waals surface area contributed by atoms with Gasteiger partial charge in [0.25, 0.3) is 0 Å². The maximum absolute atomic E-state index is 11.4. The van der Waals surface area contributed by atoms with E-state index in [1.54, 1.807) is 13.0 Å². The lowest BCUT2D eigenvalue weighted by Gasteiger charge is -2.11. The van der Waals surface area contributed by atoms with E-state index in [0.717, 1.165) is 45.2 Å². The topological polar surface area (TPSA) is 44.1 Å². The zero-order valence-corrected chi connectivity index (χ0v) is 18.2. The minimum absolute atomic E-state index is 0.0189. The van der Waals surface area contributed by atoms with Crippen molar-refractivity contribution in [3.8, 4) is 28.6 Å². The number of ether oxygens (including phenoxy) is 1. The molecule has 0 unspecified atom stereocenters. The summed E-state index contributed by atoms with van der Waals surface area (Å²) in [6.45, 7) is 1.55. The summed E-state index contributed by atoms with van der Waals surface area (Å²) < 4.78 is 8.10. The lowest BCUT2D eigenvalue weighted by molar-refractivity contribution is -0.112. The van der Waals surface area contributed by atoms with Gasteiger partial charge in [0.15, 0.2) is 5.78 Å². The second-order valence-corrected chi connectivity index (χ2v) is 7.74. The molecule has 4 heteroatoms. The number of nitrogens with zero attached hydrogens (tertiary/aromatic N) is 2. The molecule has 0 fully saturated rings. The number of carbonyl (C=O) groups excluding carboxylic acids is 1. The van der Waals surface area contributed by atoms with Gasteiger partial charge in [0.1, 0.15) is 17.3 Å². The molecule has 160 valence electrons. The molecule has 0 amide bonds. The van der Waals surface area contributed by atoms with Crippen LogP contribution in [0.3, 0.4) is 0 Å². The zero-order chi connectivity index (χ0) is 22.6. The number of allylic oxidation sites excluding steroid dienone is 1. The molecule has 4 aromatic carbocycles. The van der Waals surface area contributed by atoms with Crippen molar-refractivity contribution in [1.82, 2.24) is 9.55 Å². The number of imidazole rings is 1. The van der Waals surface area contributed by atoms with Gasteiger partial charge in [-0.25, -0.2) is 4.98 Å². The van der Waals surface area contributed by atoms with E-state index in [0.29, 0.717) is 0 Å². The van der Waals surface area contributed by atoms with E-state index in [2.05, 4.69) is 10.6 Å². The fourth-order valence-corrected chi connectivity index (χ4v) is 3.76. The summed E-state index contributed by atoms with van der Waals surface area (Å²) in [6, 6.07) is 33.9. The van der Waals surface area contributed by atoms with Crippen LogP contribution in [0.25, 0.3) is 34.2 Å². The summed E-state index contributed by atoms with van der Waals surface area (Å²) in [6.07, 6.45) is 3.40. The number of rotatable bonds is 6. The number of hydrogen-bond acceptors (Lipinski definition) is 3. The van der Waals surface area contributed by atoms with Crippen LogP contribution in [0.1, 0.15) is 12.5 Å². The van der Waals surface area contributed by atoms with Gasteiger partial charge in [0, 0.05) is 11.3 Å². The maximum Gasteiger partial charge on any atom is 0.152 e. The number of carbonyl (C=O) groups is 1. The summed E-state index contributed by atoms with van der Waals surface area (Å²) in [7, 11) is 0. The molecule has 5 aromatic rings. The van der Waals surface area contributed by atoms with Crippen molar-refractivity contribution >= 4 is 22.9 Å². The highest BCUT2D eigenvalue weighted by Gasteiger charge is 2.14. The molecule has 1 heterocycles. The van der Waals surface area contributed by atoms with Gasteiger partial charge < -0.3 is 4.74 Å². The lowest BCUT2D eigenvalue weighted by Crippen LogP contribution is -1.98. The van der Waals surface area contributed by atoms with E-state index < -0.39 is 0 Å². The molecule has 0 spiro atoms. The van der Waals surface area contributed by atoms with Crippen molar-refractivity contribution in [2.45, 2.75) is 6.92 Å². The van der Waals surface area contributed by atoms with Gasteiger partial charge in [-0.15, -0.1) is 0 Å². The number of benzene rings is 4. The quantitative estimate of drug-likeness (QED) is 0.270. The molecular weight excluding hydrogens is 408 g/mol. The number of hydrogen-bond donors (Lipinski definition) is 0. The van der Waals surface area contributed by atoms with Crippen molar-refractivity contribution in [2.24, 2.45) is 0 Å². The molecule has 0 radical (unpaired) electrons. The standard InChI is InChI=1S/C29H22N2O2/c1-21(32)14-15-22-8-7-9-23(20-22)29-30-27-12-5-6-13-28(27)31(29)24-16-18-26(19-17-24)33-25-10-3-2-4-11-25/h2-20H,1H3/b15-14+. The van der Waals surface area contributed by atoms with Gasteiger partial charge >= 0.3 is 0 Å². The van der Waals surface area contributed by atoms with Crippen molar-refractivity contribution in [3.05, 3.63) is 115 Å². The first-order valence-electron chi connectivity index (χ1n) is 10.8. The molecular formula is C29H22N2O2. The first-order chi connectivity index (χ1) is 16.2. The van der Waals surface area contributed by atoms with E-state index >= 15 is 0 Å². The summed E-state index contributed by atoms with van der Waals surface area (Å²) in [4.78, 5) is 16.3. The van der Waals surface area contributed by atoms with E-state index in [1.807, 2.05) is 103 Å². The Morgan fingerprint density at radius 2 is 1.55 bits per heavy atom. The normalized spacial score (nSPS) is 11.2. The largest absolute Gasteiger partial charge is 0.457 e. The number of aromatic nitrogens is 2. The third-order valence-electron chi connectivity index (χ3n) is 5.29. The Balaban J connectivity index is 1.57. The van der Waals surface area contributed by atoms with Crippen LogP contribution in [-0.4, -0.2) is 15.3 Å². The molecule has 4 nitrogen and oxygen atoms in total. The maximum atomic E-state index is 11.4. The molecule has 0 atom stereocenters. The molecule has 1 aromatic heterocycles.